The zero-order valence-electron chi connectivity index (χ0n) is 18.7. The van der Waals surface area contributed by atoms with Crippen LogP contribution in [-0.2, 0) is 4.79 Å². The quantitative estimate of drug-likeness (QED) is 0.781. The molecule has 1 saturated heterocycles. The standard InChI is InChI=1S/C25H34N2O4/c1-30-21-10-19(11-22(12-21)31-2)23(28)26-20-3-5-27(6-4-20)24(29)25-13-16-7-17(14-25)9-18(8-16)15-25/h10-12,16-18,20H,3-9,13-15H2,1-2H3,(H,26,28). The van der Waals surface area contributed by atoms with Crippen molar-refractivity contribution in [1.29, 1.82) is 0 Å². The normalized spacial score (nSPS) is 32.1. The van der Waals surface area contributed by atoms with Gasteiger partial charge in [-0.05, 0) is 81.3 Å². The van der Waals surface area contributed by atoms with Crippen LogP contribution in [0.25, 0.3) is 0 Å². The molecular formula is C25H34N2O4. The first-order valence-corrected chi connectivity index (χ1v) is 11.8. The highest BCUT2D eigenvalue weighted by atomic mass is 16.5. The summed E-state index contributed by atoms with van der Waals surface area (Å²) in [4.78, 5) is 28.4. The Morgan fingerprint density at radius 1 is 0.903 bits per heavy atom. The van der Waals surface area contributed by atoms with E-state index in [1.807, 2.05) is 0 Å². The third-order valence-corrected chi connectivity index (χ3v) is 8.22. The number of hydrogen-bond donors (Lipinski definition) is 1. The van der Waals surface area contributed by atoms with Crippen molar-refractivity contribution in [3.05, 3.63) is 23.8 Å². The molecule has 6 heteroatoms. The van der Waals surface area contributed by atoms with E-state index in [0.717, 1.165) is 62.9 Å². The zero-order chi connectivity index (χ0) is 21.6. The maximum absolute atomic E-state index is 13.6. The summed E-state index contributed by atoms with van der Waals surface area (Å²) in [6.45, 7) is 1.49. The van der Waals surface area contributed by atoms with E-state index in [-0.39, 0.29) is 17.4 Å². The highest BCUT2D eigenvalue weighted by Crippen LogP contribution is 2.60. The maximum atomic E-state index is 13.6. The first kappa shape index (κ1) is 20.7. The van der Waals surface area contributed by atoms with Gasteiger partial charge in [-0.3, -0.25) is 9.59 Å². The fraction of sp³-hybridized carbons (Fsp3) is 0.680. The van der Waals surface area contributed by atoms with Gasteiger partial charge in [-0.25, -0.2) is 0 Å². The first-order chi connectivity index (χ1) is 15.0. The lowest BCUT2D eigenvalue weighted by Crippen LogP contribution is -2.56. The van der Waals surface area contributed by atoms with Crippen molar-refractivity contribution in [2.24, 2.45) is 23.2 Å². The van der Waals surface area contributed by atoms with Crippen LogP contribution in [0.4, 0.5) is 0 Å². The van der Waals surface area contributed by atoms with E-state index in [9.17, 15) is 9.59 Å². The van der Waals surface area contributed by atoms with E-state index >= 15 is 0 Å². The molecule has 1 N–H and O–H groups in total. The Hall–Kier alpha value is -2.24. The van der Waals surface area contributed by atoms with E-state index in [1.54, 1.807) is 32.4 Å². The SMILES string of the molecule is COc1cc(OC)cc(C(=O)NC2CCN(C(=O)C34CC5CC(CC(C5)C3)C4)CC2)c1. The molecule has 0 aromatic heterocycles. The summed E-state index contributed by atoms with van der Waals surface area (Å²) >= 11 is 0. The molecule has 6 rings (SSSR count). The van der Waals surface area contributed by atoms with E-state index in [2.05, 4.69) is 10.2 Å². The number of carbonyl (C=O) groups is 2. The van der Waals surface area contributed by atoms with Crippen LogP contribution in [-0.4, -0.2) is 50.1 Å². The minimum Gasteiger partial charge on any atom is -0.497 e. The molecule has 5 aliphatic rings. The lowest BCUT2D eigenvalue weighted by atomic mass is 9.49. The second kappa shape index (κ2) is 8.03. The van der Waals surface area contributed by atoms with Crippen molar-refractivity contribution in [3.8, 4) is 11.5 Å². The molecule has 4 aliphatic carbocycles. The predicted octanol–water partition coefficient (Wildman–Crippen LogP) is 3.64. The first-order valence-electron chi connectivity index (χ1n) is 11.8. The van der Waals surface area contributed by atoms with E-state index in [4.69, 9.17) is 9.47 Å². The van der Waals surface area contributed by atoms with Crippen LogP contribution in [0.2, 0.25) is 0 Å². The highest BCUT2D eigenvalue weighted by Gasteiger charge is 2.55. The Balaban J connectivity index is 1.18. The molecule has 6 nitrogen and oxygen atoms in total. The van der Waals surface area contributed by atoms with Crippen LogP contribution in [0.3, 0.4) is 0 Å². The van der Waals surface area contributed by atoms with Gasteiger partial charge >= 0.3 is 0 Å². The minimum atomic E-state index is -0.122. The topological polar surface area (TPSA) is 67.9 Å². The molecule has 31 heavy (non-hydrogen) atoms. The molecule has 0 spiro atoms. The molecule has 4 bridgehead atoms. The summed E-state index contributed by atoms with van der Waals surface area (Å²) in [6, 6.07) is 5.29. The van der Waals surface area contributed by atoms with E-state index in [1.165, 1.54) is 19.3 Å². The molecule has 4 saturated carbocycles. The molecule has 0 radical (unpaired) electrons. The molecule has 1 aromatic rings. The largest absolute Gasteiger partial charge is 0.497 e. The number of piperidine rings is 1. The van der Waals surface area contributed by atoms with Crippen LogP contribution >= 0.6 is 0 Å². The Morgan fingerprint density at radius 2 is 1.42 bits per heavy atom. The summed E-state index contributed by atoms with van der Waals surface area (Å²) in [5.74, 6) is 3.84. The third kappa shape index (κ3) is 3.90. The second-order valence-electron chi connectivity index (χ2n) is 10.3. The van der Waals surface area contributed by atoms with Crippen molar-refractivity contribution < 1.29 is 19.1 Å². The van der Waals surface area contributed by atoms with Crippen LogP contribution in [0.5, 0.6) is 11.5 Å². The zero-order valence-corrected chi connectivity index (χ0v) is 18.7. The summed E-state index contributed by atoms with van der Waals surface area (Å²) < 4.78 is 10.5. The van der Waals surface area contributed by atoms with Crippen LogP contribution in [0.1, 0.15) is 61.7 Å². The molecule has 168 valence electrons. The number of amides is 2. The number of nitrogens with zero attached hydrogens (tertiary/aromatic N) is 1. The summed E-state index contributed by atoms with van der Waals surface area (Å²) in [5, 5.41) is 3.14. The number of rotatable bonds is 5. The lowest BCUT2D eigenvalue weighted by Gasteiger charge is -2.57. The van der Waals surface area contributed by atoms with Crippen LogP contribution in [0, 0.1) is 23.2 Å². The van der Waals surface area contributed by atoms with Gasteiger partial charge in [-0.1, -0.05) is 0 Å². The Labute approximate surface area is 184 Å². The average Bonchev–Trinajstić information content (AvgIpc) is 2.77. The number of nitrogens with one attached hydrogen (secondary N) is 1. The van der Waals surface area contributed by atoms with Gasteiger partial charge in [0.05, 0.1) is 19.6 Å². The monoisotopic (exact) mass is 426 g/mol. The van der Waals surface area contributed by atoms with Crippen molar-refractivity contribution in [2.45, 2.75) is 57.4 Å². The van der Waals surface area contributed by atoms with Gasteiger partial charge in [-0.2, -0.15) is 0 Å². The lowest BCUT2D eigenvalue weighted by molar-refractivity contribution is -0.158. The van der Waals surface area contributed by atoms with Crippen LogP contribution < -0.4 is 14.8 Å². The number of likely N-dealkylation sites (tertiary alicyclic amines) is 1. The van der Waals surface area contributed by atoms with Gasteiger partial charge in [0.2, 0.25) is 5.91 Å². The molecular weight excluding hydrogens is 392 g/mol. The Bertz CT molecular complexity index is 802. The van der Waals surface area contributed by atoms with Crippen molar-refractivity contribution in [3.63, 3.8) is 0 Å². The Kier molecular flexibility index (Phi) is 5.35. The highest BCUT2D eigenvalue weighted by molar-refractivity contribution is 5.95. The predicted molar refractivity (Wildman–Crippen MR) is 117 cm³/mol. The molecule has 0 atom stereocenters. The van der Waals surface area contributed by atoms with Crippen LogP contribution in [0.15, 0.2) is 18.2 Å². The average molecular weight is 427 g/mol. The van der Waals surface area contributed by atoms with E-state index in [0.29, 0.717) is 23.0 Å². The molecule has 1 aromatic carbocycles. The fourth-order valence-corrected chi connectivity index (χ4v) is 7.14. The van der Waals surface area contributed by atoms with Crippen molar-refractivity contribution >= 4 is 11.8 Å². The number of benzene rings is 1. The van der Waals surface area contributed by atoms with Gasteiger partial charge in [0, 0.05) is 30.8 Å². The molecule has 1 heterocycles. The fourth-order valence-electron chi connectivity index (χ4n) is 7.14. The molecule has 5 fully saturated rings. The number of methoxy groups -OCH3 is 2. The number of ether oxygens (including phenoxy) is 2. The van der Waals surface area contributed by atoms with Gasteiger partial charge in [-0.15, -0.1) is 0 Å². The number of hydrogen-bond acceptors (Lipinski definition) is 4. The minimum absolute atomic E-state index is 0.0675. The second-order valence-corrected chi connectivity index (χ2v) is 10.3. The van der Waals surface area contributed by atoms with Gasteiger partial charge in [0.1, 0.15) is 11.5 Å². The Morgan fingerprint density at radius 3 is 1.90 bits per heavy atom. The smallest absolute Gasteiger partial charge is 0.251 e. The molecule has 2 amide bonds. The summed E-state index contributed by atoms with van der Waals surface area (Å²) in [7, 11) is 3.15. The number of carbonyl (C=O) groups excluding carboxylic acids is 2. The van der Waals surface area contributed by atoms with Crippen molar-refractivity contribution in [1.82, 2.24) is 10.2 Å². The molecule has 1 aliphatic heterocycles. The summed E-state index contributed by atoms with van der Waals surface area (Å²) in [6.07, 6.45) is 9.04. The van der Waals surface area contributed by atoms with E-state index < -0.39 is 0 Å². The van der Waals surface area contributed by atoms with Crippen molar-refractivity contribution in [2.75, 3.05) is 27.3 Å². The molecule has 0 unspecified atom stereocenters. The van der Waals surface area contributed by atoms with Gasteiger partial charge in [0.15, 0.2) is 0 Å². The van der Waals surface area contributed by atoms with Gasteiger partial charge in [0.25, 0.3) is 5.91 Å². The maximum Gasteiger partial charge on any atom is 0.251 e. The summed E-state index contributed by atoms with van der Waals surface area (Å²) in [5.41, 5.74) is 0.463. The van der Waals surface area contributed by atoms with Gasteiger partial charge < -0.3 is 19.7 Å². The third-order valence-electron chi connectivity index (χ3n) is 8.22.